The molecular weight excluding hydrogens is 247 g/mol. The van der Waals surface area contributed by atoms with E-state index in [1.54, 1.807) is 19.1 Å². The molecule has 98 valence electrons. The van der Waals surface area contributed by atoms with Crippen LogP contribution in [0.2, 0.25) is 0 Å². The van der Waals surface area contributed by atoms with Crippen molar-refractivity contribution in [3.05, 3.63) is 41.5 Å². The molecule has 6 heteroatoms. The fourth-order valence-electron chi connectivity index (χ4n) is 2.16. The number of aromatic amines is 1. The van der Waals surface area contributed by atoms with Crippen molar-refractivity contribution in [3.8, 4) is 0 Å². The number of amides is 1. The van der Waals surface area contributed by atoms with E-state index in [-0.39, 0.29) is 17.7 Å². The van der Waals surface area contributed by atoms with Crippen LogP contribution in [0.1, 0.15) is 24.2 Å². The van der Waals surface area contributed by atoms with Gasteiger partial charge in [0.05, 0.1) is 5.41 Å². The second-order valence-corrected chi connectivity index (χ2v) is 4.79. The van der Waals surface area contributed by atoms with E-state index in [4.69, 9.17) is 0 Å². The molecule has 0 atom stereocenters. The van der Waals surface area contributed by atoms with Crippen molar-refractivity contribution in [2.75, 3.05) is 5.32 Å². The van der Waals surface area contributed by atoms with E-state index in [9.17, 15) is 9.18 Å². The fourth-order valence-corrected chi connectivity index (χ4v) is 2.16. The fraction of sp³-hybridized carbons (Fsp3) is 0.308. The summed E-state index contributed by atoms with van der Waals surface area (Å²) in [5, 5.41) is 9.24. The smallest absolute Gasteiger partial charge is 0.248 e. The molecule has 0 saturated heterocycles. The van der Waals surface area contributed by atoms with Crippen molar-refractivity contribution in [2.45, 2.75) is 25.2 Å². The van der Waals surface area contributed by atoms with Crippen LogP contribution in [0.25, 0.3) is 0 Å². The highest BCUT2D eigenvalue weighted by Crippen LogP contribution is 2.48. The van der Waals surface area contributed by atoms with Crippen molar-refractivity contribution < 1.29 is 9.18 Å². The largest absolute Gasteiger partial charge is 0.292 e. The molecule has 1 saturated carbocycles. The lowest BCUT2D eigenvalue weighted by molar-refractivity contribution is -0.118. The van der Waals surface area contributed by atoms with Crippen LogP contribution in [0.4, 0.5) is 10.3 Å². The van der Waals surface area contributed by atoms with Gasteiger partial charge in [0.1, 0.15) is 11.6 Å². The zero-order valence-corrected chi connectivity index (χ0v) is 10.4. The summed E-state index contributed by atoms with van der Waals surface area (Å²) < 4.78 is 12.9. The Morgan fingerprint density at radius 1 is 1.37 bits per heavy atom. The molecule has 1 amide bonds. The minimum atomic E-state index is -0.553. The van der Waals surface area contributed by atoms with E-state index in [1.807, 2.05) is 0 Å². The van der Waals surface area contributed by atoms with Gasteiger partial charge in [0.25, 0.3) is 0 Å². The van der Waals surface area contributed by atoms with Gasteiger partial charge < -0.3 is 0 Å². The van der Waals surface area contributed by atoms with Gasteiger partial charge >= 0.3 is 0 Å². The van der Waals surface area contributed by atoms with Gasteiger partial charge in [0.2, 0.25) is 11.9 Å². The number of H-pyrrole nitrogens is 1. The van der Waals surface area contributed by atoms with Gasteiger partial charge in [-0.3, -0.25) is 15.2 Å². The number of aryl methyl sites for hydroxylation is 1. The number of anilines is 1. The Labute approximate surface area is 109 Å². The van der Waals surface area contributed by atoms with Gasteiger partial charge in [0, 0.05) is 0 Å². The van der Waals surface area contributed by atoms with Crippen LogP contribution in [-0.2, 0) is 10.2 Å². The van der Waals surface area contributed by atoms with Crippen molar-refractivity contribution in [2.24, 2.45) is 0 Å². The number of rotatable bonds is 3. The maximum absolute atomic E-state index is 12.9. The van der Waals surface area contributed by atoms with E-state index in [0.29, 0.717) is 5.82 Å². The number of carbonyl (C=O) groups excluding carboxylic acids is 1. The Balaban J connectivity index is 1.81. The Kier molecular flexibility index (Phi) is 2.58. The van der Waals surface area contributed by atoms with Gasteiger partial charge in [-0.1, -0.05) is 12.1 Å². The first-order valence-electron chi connectivity index (χ1n) is 6.07. The van der Waals surface area contributed by atoms with Crippen molar-refractivity contribution >= 4 is 11.9 Å². The van der Waals surface area contributed by atoms with Gasteiger partial charge in [-0.15, -0.1) is 5.10 Å². The molecule has 0 aliphatic heterocycles. The van der Waals surface area contributed by atoms with Crippen LogP contribution in [0.15, 0.2) is 24.3 Å². The molecule has 5 nitrogen and oxygen atoms in total. The number of halogens is 1. The summed E-state index contributed by atoms with van der Waals surface area (Å²) in [4.78, 5) is 16.3. The molecule has 2 N–H and O–H groups in total. The summed E-state index contributed by atoms with van der Waals surface area (Å²) in [6.07, 6.45) is 1.52. The molecule has 2 aromatic rings. The first-order chi connectivity index (χ1) is 9.10. The molecule has 19 heavy (non-hydrogen) atoms. The van der Waals surface area contributed by atoms with E-state index in [1.165, 1.54) is 12.1 Å². The first kappa shape index (κ1) is 11.8. The molecule has 0 bridgehead atoms. The molecule has 1 heterocycles. The van der Waals surface area contributed by atoms with Crippen LogP contribution in [-0.4, -0.2) is 21.1 Å². The third-order valence-electron chi connectivity index (χ3n) is 3.40. The van der Waals surface area contributed by atoms with Crippen LogP contribution in [0, 0.1) is 12.7 Å². The topological polar surface area (TPSA) is 70.7 Å². The first-order valence-corrected chi connectivity index (χ1v) is 6.07. The second-order valence-electron chi connectivity index (χ2n) is 4.79. The molecule has 1 aromatic carbocycles. The summed E-state index contributed by atoms with van der Waals surface area (Å²) >= 11 is 0. The van der Waals surface area contributed by atoms with Gasteiger partial charge in [-0.2, -0.15) is 4.98 Å². The van der Waals surface area contributed by atoms with Crippen molar-refractivity contribution in [1.29, 1.82) is 0 Å². The van der Waals surface area contributed by atoms with Gasteiger partial charge in [-0.25, -0.2) is 4.39 Å². The Morgan fingerprint density at radius 3 is 2.58 bits per heavy atom. The normalized spacial score (nSPS) is 16.1. The zero-order valence-electron chi connectivity index (χ0n) is 10.4. The van der Waals surface area contributed by atoms with Gasteiger partial charge in [-0.05, 0) is 37.5 Å². The average molecular weight is 260 g/mol. The maximum Gasteiger partial charge on any atom is 0.248 e. The molecule has 1 aliphatic carbocycles. The SMILES string of the molecule is Cc1nc(NC(=O)C2(c3ccc(F)cc3)CC2)n[nH]1. The van der Waals surface area contributed by atoms with Gasteiger partial charge in [0.15, 0.2) is 0 Å². The number of nitrogens with one attached hydrogen (secondary N) is 2. The molecule has 0 unspecified atom stereocenters. The third-order valence-corrected chi connectivity index (χ3v) is 3.40. The number of hydrogen-bond acceptors (Lipinski definition) is 3. The predicted octanol–water partition coefficient (Wildman–Crippen LogP) is 1.92. The van der Waals surface area contributed by atoms with Crippen molar-refractivity contribution in [1.82, 2.24) is 15.2 Å². The molecule has 0 radical (unpaired) electrons. The Morgan fingerprint density at radius 2 is 2.05 bits per heavy atom. The number of nitrogens with zero attached hydrogens (tertiary/aromatic N) is 2. The lowest BCUT2D eigenvalue weighted by atomic mass is 9.95. The Hall–Kier alpha value is -2.24. The average Bonchev–Trinajstić information content (AvgIpc) is 3.10. The number of benzene rings is 1. The minimum absolute atomic E-state index is 0.141. The minimum Gasteiger partial charge on any atom is -0.292 e. The van der Waals surface area contributed by atoms with E-state index in [2.05, 4.69) is 20.5 Å². The maximum atomic E-state index is 12.9. The second kappa shape index (κ2) is 4.15. The molecular formula is C13H13FN4O. The number of carbonyl (C=O) groups is 1. The summed E-state index contributed by atoms with van der Waals surface area (Å²) in [6.45, 7) is 1.76. The molecule has 1 aromatic heterocycles. The number of aromatic nitrogens is 3. The van der Waals surface area contributed by atoms with E-state index in [0.717, 1.165) is 18.4 Å². The highest BCUT2D eigenvalue weighted by atomic mass is 19.1. The van der Waals surface area contributed by atoms with Crippen LogP contribution >= 0.6 is 0 Å². The summed E-state index contributed by atoms with van der Waals surface area (Å²) in [7, 11) is 0. The van der Waals surface area contributed by atoms with E-state index >= 15 is 0 Å². The highest BCUT2D eigenvalue weighted by molar-refractivity contribution is 6.00. The summed E-state index contributed by atoms with van der Waals surface area (Å²) in [5.41, 5.74) is 0.279. The predicted molar refractivity (Wildman–Crippen MR) is 67.1 cm³/mol. The van der Waals surface area contributed by atoms with Crippen LogP contribution in [0.5, 0.6) is 0 Å². The highest BCUT2D eigenvalue weighted by Gasteiger charge is 2.51. The van der Waals surface area contributed by atoms with Crippen molar-refractivity contribution in [3.63, 3.8) is 0 Å². The van der Waals surface area contributed by atoms with Crippen LogP contribution < -0.4 is 5.32 Å². The summed E-state index contributed by atoms with van der Waals surface area (Å²) in [5.74, 6) is 0.473. The van der Waals surface area contributed by atoms with E-state index < -0.39 is 5.41 Å². The molecule has 0 spiro atoms. The summed E-state index contributed by atoms with van der Waals surface area (Å²) in [6, 6.07) is 6.07. The monoisotopic (exact) mass is 260 g/mol. The quantitative estimate of drug-likeness (QED) is 0.885. The Bertz CT molecular complexity index is 616. The molecule has 1 fully saturated rings. The number of hydrogen-bond donors (Lipinski definition) is 2. The van der Waals surface area contributed by atoms with Crippen LogP contribution in [0.3, 0.4) is 0 Å². The standard InChI is InChI=1S/C13H13FN4O/c1-8-15-12(18-17-8)16-11(19)13(6-7-13)9-2-4-10(14)5-3-9/h2-5H,6-7H2,1H3,(H2,15,16,17,18,19). The third kappa shape index (κ3) is 2.09. The lowest BCUT2D eigenvalue weighted by Gasteiger charge is -2.14. The zero-order chi connectivity index (χ0) is 13.5. The molecule has 1 aliphatic rings. The lowest BCUT2D eigenvalue weighted by Crippen LogP contribution is -2.28. The molecule has 3 rings (SSSR count).